The molecule has 1 N–H and O–H groups in total. The van der Waals surface area contributed by atoms with Crippen LogP contribution in [0.3, 0.4) is 0 Å². The van der Waals surface area contributed by atoms with Gasteiger partial charge in [-0.1, -0.05) is 12.1 Å². The van der Waals surface area contributed by atoms with Gasteiger partial charge in [-0.15, -0.1) is 0 Å². The minimum atomic E-state index is -3.49. The fourth-order valence-electron chi connectivity index (χ4n) is 2.95. The predicted molar refractivity (Wildman–Crippen MR) is 107 cm³/mol. The number of hydrogen-bond acceptors (Lipinski definition) is 5. The van der Waals surface area contributed by atoms with E-state index in [0.717, 1.165) is 18.4 Å². The number of hydrogen-bond donors (Lipinski definition) is 1. The highest BCUT2D eigenvalue weighted by atomic mass is 32.2. The van der Waals surface area contributed by atoms with Crippen molar-refractivity contribution in [2.75, 3.05) is 19.7 Å². The first-order valence-corrected chi connectivity index (χ1v) is 10.6. The normalized spacial score (nSPS) is 15.0. The van der Waals surface area contributed by atoms with Crippen molar-refractivity contribution in [3.63, 3.8) is 0 Å². The van der Waals surface area contributed by atoms with Crippen molar-refractivity contribution in [2.45, 2.75) is 24.7 Å². The number of rotatable bonds is 7. The molecule has 28 heavy (non-hydrogen) atoms. The number of nitrogens with zero attached hydrogens (tertiary/aromatic N) is 2. The molecule has 0 atom stereocenters. The number of carbonyl (C=O) groups excluding carboxylic acids is 1. The molecular weight excluding hydrogens is 378 g/mol. The summed E-state index contributed by atoms with van der Waals surface area (Å²) in [7, 11) is -3.49. The lowest BCUT2D eigenvalue weighted by Gasteiger charge is -2.15. The maximum Gasteiger partial charge on any atom is 0.271 e. The topological polar surface area (TPSA) is 88.1 Å². The van der Waals surface area contributed by atoms with Gasteiger partial charge in [-0.2, -0.15) is 9.41 Å². The molecule has 0 radical (unpaired) electrons. The van der Waals surface area contributed by atoms with Gasteiger partial charge in [-0.25, -0.2) is 13.8 Å². The molecule has 148 valence electrons. The Bertz CT molecular complexity index is 950. The maximum absolute atomic E-state index is 12.5. The fourth-order valence-corrected chi connectivity index (χ4v) is 4.47. The van der Waals surface area contributed by atoms with Crippen LogP contribution in [0.5, 0.6) is 5.75 Å². The Morgan fingerprint density at radius 3 is 2.50 bits per heavy atom. The molecule has 0 spiro atoms. The molecule has 2 aromatic carbocycles. The first-order valence-electron chi connectivity index (χ1n) is 9.18. The number of ether oxygens (including phenoxy) is 1. The number of sulfonamides is 1. The van der Waals surface area contributed by atoms with Gasteiger partial charge in [0.25, 0.3) is 5.91 Å². The van der Waals surface area contributed by atoms with Crippen LogP contribution in [0.4, 0.5) is 0 Å². The van der Waals surface area contributed by atoms with Crippen molar-refractivity contribution in [1.29, 1.82) is 0 Å². The standard InChI is InChI=1S/C20H23N3O4S/c1-2-27-19-8-4-3-7-17(19)15-21-22-20(24)16-9-11-18(12-10-16)28(25,26)23-13-5-6-14-23/h3-4,7-12,15H,2,5-6,13-14H2,1H3,(H,22,24)/b21-15-. The van der Waals surface area contributed by atoms with Crippen molar-refractivity contribution in [3.05, 3.63) is 59.7 Å². The first-order chi connectivity index (χ1) is 13.5. The minimum Gasteiger partial charge on any atom is -0.493 e. The van der Waals surface area contributed by atoms with Gasteiger partial charge in [0.2, 0.25) is 10.0 Å². The summed E-state index contributed by atoms with van der Waals surface area (Å²) in [5, 5.41) is 3.96. The molecule has 1 aliphatic rings. The van der Waals surface area contributed by atoms with Gasteiger partial charge in [-0.05, 0) is 56.2 Å². The molecule has 1 heterocycles. The highest BCUT2D eigenvalue weighted by Gasteiger charge is 2.27. The van der Waals surface area contributed by atoms with Gasteiger partial charge in [0.05, 0.1) is 17.7 Å². The van der Waals surface area contributed by atoms with Crippen LogP contribution in [0, 0.1) is 0 Å². The molecule has 7 nitrogen and oxygen atoms in total. The molecule has 2 aromatic rings. The molecule has 1 aliphatic heterocycles. The number of nitrogens with one attached hydrogen (secondary N) is 1. The van der Waals surface area contributed by atoms with Crippen molar-refractivity contribution in [1.82, 2.24) is 9.73 Å². The van der Waals surface area contributed by atoms with Crippen LogP contribution in [0.2, 0.25) is 0 Å². The molecule has 0 saturated carbocycles. The van der Waals surface area contributed by atoms with Gasteiger partial charge in [0, 0.05) is 24.2 Å². The molecule has 1 fully saturated rings. The first kappa shape index (κ1) is 20.0. The monoisotopic (exact) mass is 401 g/mol. The number of hydrazone groups is 1. The zero-order valence-electron chi connectivity index (χ0n) is 15.7. The van der Waals surface area contributed by atoms with Gasteiger partial charge in [0.15, 0.2) is 0 Å². The molecule has 3 rings (SSSR count). The third-order valence-electron chi connectivity index (χ3n) is 4.41. The summed E-state index contributed by atoms with van der Waals surface area (Å²) in [5.74, 6) is 0.259. The second-order valence-corrected chi connectivity index (χ2v) is 8.24. The Balaban J connectivity index is 1.65. The van der Waals surface area contributed by atoms with E-state index >= 15 is 0 Å². The molecule has 1 amide bonds. The van der Waals surface area contributed by atoms with Crippen molar-refractivity contribution in [3.8, 4) is 5.75 Å². The van der Waals surface area contributed by atoms with Gasteiger partial charge in [0.1, 0.15) is 5.75 Å². The lowest BCUT2D eigenvalue weighted by molar-refractivity contribution is 0.0955. The highest BCUT2D eigenvalue weighted by molar-refractivity contribution is 7.89. The molecule has 0 bridgehead atoms. The van der Waals surface area contributed by atoms with E-state index < -0.39 is 15.9 Å². The lowest BCUT2D eigenvalue weighted by Crippen LogP contribution is -2.28. The SMILES string of the molecule is CCOc1ccccc1/C=N\NC(=O)c1ccc(S(=O)(=O)N2CCCC2)cc1. The van der Waals surface area contributed by atoms with Gasteiger partial charge >= 0.3 is 0 Å². The second kappa shape index (κ2) is 8.99. The lowest BCUT2D eigenvalue weighted by atomic mass is 10.2. The Morgan fingerprint density at radius 2 is 1.82 bits per heavy atom. The van der Waals surface area contributed by atoms with E-state index in [4.69, 9.17) is 4.74 Å². The van der Waals surface area contributed by atoms with Crippen molar-refractivity contribution < 1.29 is 17.9 Å². The largest absolute Gasteiger partial charge is 0.493 e. The van der Waals surface area contributed by atoms with Crippen molar-refractivity contribution in [2.24, 2.45) is 5.10 Å². The summed E-state index contributed by atoms with van der Waals surface area (Å²) in [6.45, 7) is 3.51. The number of para-hydroxylation sites is 1. The van der Waals surface area contributed by atoms with E-state index in [-0.39, 0.29) is 4.90 Å². The average Bonchev–Trinajstić information content (AvgIpc) is 3.25. The van der Waals surface area contributed by atoms with Crippen LogP contribution in [0.15, 0.2) is 58.5 Å². The highest BCUT2D eigenvalue weighted by Crippen LogP contribution is 2.21. The second-order valence-electron chi connectivity index (χ2n) is 6.31. The third kappa shape index (κ3) is 4.58. The van der Waals surface area contributed by atoms with E-state index in [0.29, 0.717) is 31.0 Å². The summed E-state index contributed by atoms with van der Waals surface area (Å²) >= 11 is 0. The van der Waals surface area contributed by atoms with E-state index in [2.05, 4.69) is 10.5 Å². The Morgan fingerprint density at radius 1 is 1.14 bits per heavy atom. The maximum atomic E-state index is 12.5. The Hall–Kier alpha value is -2.71. The summed E-state index contributed by atoms with van der Waals surface area (Å²) in [4.78, 5) is 12.4. The molecule has 8 heteroatoms. The fraction of sp³-hybridized carbons (Fsp3) is 0.300. The van der Waals surface area contributed by atoms with E-state index in [9.17, 15) is 13.2 Å². The molecule has 0 aromatic heterocycles. The predicted octanol–water partition coefficient (Wildman–Crippen LogP) is 2.63. The Labute approximate surface area is 165 Å². The molecular formula is C20H23N3O4S. The van der Waals surface area contributed by atoms with Crippen LogP contribution in [-0.2, 0) is 10.0 Å². The number of benzene rings is 2. The zero-order valence-corrected chi connectivity index (χ0v) is 16.5. The third-order valence-corrected chi connectivity index (χ3v) is 6.32. The van der Waals surface area contributed by atoms with Gasteiger partial charge < -0.3 is 4.74 Å². The van der Waals surface area contributed by atoms with Crippen LogP contribution in [0.25, 0.3) is 0 Å². The summed E-state index contributed by atoms with van der Waals surface area (Å²) < 4.78 is 32.0. The van der Waals surface area contributed by atoms with E-state index in [1.54, 1.807) is 0 Å². The molecule has 0 aliphatic carbocycles. The van der Waals surface area contributed by atoms with Crippen LogP contribution < -0.4 is 10.2 Å². The number of carbonyl (C=O) groups is 1. The van der Waals surface area contributed by atoms with Crippen LogP contribution in [0.1, 0.15) is 35.7 Å². The summed E-state index contributed by atoms with van der Waals surface area (Å²) in [6, 6.07) is 13.3. The Kier molecular flexibility index (Phi) is 6.43. The van der Waals surface area contributed by atoms with Crippen LogP contribution in [-0.4, -0.2) is 44.5 Å². The van der Waals surface area contributed by atoms with Crippen LogP contribution >= 0.6 is 0 Å². The molecule has 1 saturated heterocycles. The van der Waals surface area contributed by atoms with E-state index in [1.807, 2.05) is 31.2 Å². The molecule has 0 unspecified atom stereocenters. The smallest absolute Gasteiger partial charge is 0.271 e. The number of amides is 1. The quantitative estimate of drug-likeness (QED) is 0.571. The summed E-state index contributed by atoms with van der Waals surface area (Å²) in [5.41, 5.74) is 3.52. The average molecular weight is 401 g/mol. The van der Waals surface area contributed by atoms with E-state index in [1.165, 1.54) is 34.8 Å². The van der Waals surface area contributed by atoms with Crippen molar-refractivity contribution >= 4 is 22.1 Å². The van der Waals surface area contributed by atoms with Gasteiger partial charge in [-0.3, -0.25) is 4.79 Å². The minimum absolute atomic E-state index is 0.195. The zero-order chi connectivity index (χ0) is 20.0. The summed E-state index contributed by atoms with van der Waals surface area (Å²) in [6.07, 6.45) is 3.27.